The first-order valence-electron chi connectivity index (χ1n) is 13.9. The molecule has 1 unspecified atom stereocenters. The molecule has 0 bridgehead atoms. The van der Waals surface area contributed by atoms with Gasteiger partial charge in [0.05, 0.1) is 7.11 Å². The lowest BCUT2D eigenvalue weighted by molar-refractivity contribution is -0.206. The van der Waals surface area contributed by atoms with Crippen LogP contribution in [-0.2, 0) is 23.9 Å². The summed E-state index contributed by atoms with van der Waals surface area (Å²) in [5, 5.41) is 0. The van der Waals surface area contributed by atoms with Crippen LogP contribution in [0.2, 0.25) is 0 Å². The zero-order valence-electron chi connectivity index (χ0n) is 24.8. The van der Waals surface area contributed by atoms with Crippen LogP contribution in [0.15, 0.2) is 58.7 Å². The summed E-state index contributed by atoms with van der Waals surface area (Å²) in [6, 6.07) is 0. The van der Waals surface area contributed by atoms with Crippen molar-refractivity contribution >= 4 is 17.7 Å². The minimum atomic E-state index is -0.944. The molecular weight excluding hydrogens is 476 g/mol. The van der Waals surface area contributed by atoms with E-state index in [0.29, 0.717) is 12.8 Å². The molecule has 3 aliphatic rings. The molecule has 5 heteroatoms. The van der Waals surface area contributed by atoms with E-state index in [9.17, 15) is 14.4 Å². The van der Waals surface area contributed by atoms with Crippen molar-refractivity contribution in [1.82, 2.24) is 0 Å². The fraction of sp³-hybridized carbons (Fsp3) is 0.606. The molecule has 0 heterocycles. The van der Waals surface area contributed by atoms with Crippen LogP contribution in [0.1, 0.15) is 87.5 Å². The molecule has 3 saturated carbocycles. The summed E-state index contributed by atoms with van der Waals surface area (Å²) in [6.07, 6.45) is 15.3. The minimum absolute atomic E-state index is 0.0419. The summed E-state index contributed by atoms with van der Waals surface area (Å²) in [6.45, 7) is 16.0. The Balaban J connectivity index is 1.96. The number of ketones is 1. The average Bonchev–Trinajstić information content (AvgIpc) is 3.11. The number of esters is 2. The molecule has 5 nitrogen and oxygen atoms in total. The molecule has 3 fully saturated rings. The molecule has 0 aromatic rings. The van der Waals surface area contributed by atoms with E-state index < -0.39 is 11.5 Å². The third-order valence-corrected chi connectivity index (χ3v) is 9.71. The van der Waals surface area contributed by atoms with Gasteiger partial charge in [-0.15, -0.1) is 0 Å². The standard InChI is InChI=1S/C33H46O5/c1-21(2)12-10-13-22(3)14-11-15-23(4)29-25(35)20-27-31(6)19-17-28(38-24(5)34)33(8,30(36)37-9)26(31)16-18-32(27,29)7/h10-15,26-28H,16-20H2,1-9H3/b13-10+,15-11+,22-14+,29-23+/t26-,27+,28-,31+,32+,33?/m1/s1. The number of allylic oxidation sites excluding steroid dienone is 10. The summed E-state index contributed by atoms with van der Waals surface area (Å²) in [5.41, 5.74) is 2.89. The van der Waals surface area contributed by atoms with Gasteiger partial charge in [0.1, 0.15) is 11.5 Å². The second kappa shape index (κ2) is 11.2. The number of rotatable bonds is 6. The number of fused-ring (bicyclic) bond motifs is 3. The lowest BCUT2D eigenvalue weighted by Crippen LogP contribution is -2.62. The summed E-state index contributed by atoms with van der Waals surface area (Å²) < 4.78 is 11.0. The van der Waals surface area contributed by atoms with Gasteiger partial charge in [-0.05, 0) is 83.1 Å². The molecule has 0 aromatic carbocycles. The molecule has 0 N–H and O–H groups in total. The van der Waals surface area contributed by atoms with Gasteiger partial charge in [-0.2, -0.15) is 0 Å². The number of methoxy groups -OCH3 is 1. The van der Waals surface area contributed by atoms with Gasteiger partial charge in [-0.1, -0.05) is 61.4 Å². The predicted molar refractivity (Wildman–Crippen MR) is 151 cm³/mol. The first-order chi connectivity index (χ1) is 17.7. The maximum atomic E-state index is 13.6. The van der Waals surface area contributed by atoms with Crippen LogP contribution in [0.25, 0.3) is 0 Å². The lowest BCUT2D eigenvalue weighted by atomic mass is 9.42. The first-order valence-corrected chi connectivity index (χ1v) is 13.9. The second-order valence-electron chi connectivity index (χ2n) is 12.5. The highest BCUT2D eigenvalue weighted by Crippen LogP contribution is 2.69. The quantitative estimate of drug-likeness (QED) is 0.209. The van der Waals surface area contributed by atoms with E-state index in [1.807, 2.05) is 26.0 Å². The zero-order valence-corrected chi connectivity index (χ0v) is 24.8. The van der Waals surface area contributed by atoms with Crippen molar-refractivity contribution < 1.29 is 23.9 Å². The zero-order chi connectivity index (χ0) is 28.5. The molecule has 208 valence electrons. The van der Waals surface area contributed by atoms with E-state index in [1.165, 1.54) is 19.6 Å². The number of hydrogen-bond donors (Lipinski definition) is 0. The highest BCUT2D eigenvalue weighted by Gasteiger charge is 2.68. The lowest BCUT2D eigenvalue weighted by Gasteiger charge is -2.61. The number of carbonyl (C=O) groups is 3. The van der Waals surface area contributed by atoms with E-state index in [4.69, 9.17) is 9.47 Å². The predicted octanol–water partition coefficient (Wildman–Crippen LogP) is 7.24. The first kappa shape index (κ1) is 29.9. The Hall–Kier alpha value is -2.69. The number of Topliss-reactive ketones (excluding diaryl/α,β-unsaturated/α-hetero) is 1. The van der Waals surface area contributed by atoms with Crippen molar-refractivity contribution in [2.24, 2.45) is 28.1 Å². The largest absolute Gasteiger partial charge is 0.468 e. The van der Waals surface area contributed by atoms with Gasteiger partial charge in [0.2, 0.25) is 0 Å². The smallest absolute Gasteiger partial charge is 0.315 e. The molecule has 0 amide bonds. The second-order valence-corrected chi connectivity index (χ2v) is 12.5. The molecule has 0 aliphatic heterocycles. The van der Waals surface area contributed by atoms with Gasteiger partial charge in [-0.25, -0.2) is 0 Å². The third-order valence-electron chi connectivity index (χ3n) is 9.71. The summed E-state index contributed by atoms with van der Waals surface area (Å²) >= 11 is 0. The van der Waals surface area contributed by atoms with Crippen molar-refractivity contribution in [3.8, 4) is 0 Å². The molecule has 0 saturated heterocycles. The van der Waals surface area contributed by atoms with Crippen LogP contribution in [0, 0.1) is 28.1 Å². The van der Waals surface area contributed by atoms with E-state index >= 15 is 0 Å². The van der Waals surface area contributed by atoms with Crippen LogP contribution >= 0.6 is 0 Å². The van der Waals surface area contributed by atoms with Gasteiger partial charge >= 0.3 is 11.9 Å². The monoisotopic (exact) mass is 522 g/mol. The van der Waals surface area contributed by atoms with Gasteiger partial charge in [0, 0.05) is 24.3 Å². The molecule has 38 heavy (non-hydrogen) atoms. The molecule has 0 radical (unpaired) electrons. The Bertz CT molecular complexity index is 1130. The number of carbonyl (C=O) groups excluding carboxylic acids is 3. The molecular formula is C33H46O5. The van der Waals surface area contributed by atoms with Gasteiger partial charge < -0.3 is 9.47 Å². The normalized spacial score (nSPS) is 36.6. The highest BCUT2D eigenvalue weighted by molar-refractivity contribution is 6.01. The van der Waals surface area contributed by atoms with Crippen LogP contribution in [0.3, 0.4) is 0 Å². The van der Waals surface area contributed by atoms with Crippen molar-refractivity contribution in [3.05, 3.63) is 58.7 Å². The van der Waals surface area contributed by atoms with Crippen molar-refractivity contribution in [2.45, 2.75) is 93.6 Å². The van der Waals surface area contributed by atoms with Crippen molar-refractivity contribution in [2.75, 3.05) is 7.11 Å². The van der Waals surface area contributed by atoms with Crippen LogP contribution in [0.4, 0.5) is 0 Å². The van der Waals surface area contributed by atoms with E-state index in [0.717, 1.165) is 36.0 Å². The number of ether oxygens (including phenoxy) is 2. The fourth-order valence-corrected chi connectivity index (χ4v) is 8.00. The van der Waals surface area contributed by atoms with Crippen molar-refractivity contribution in [1.29, 1.82) is 0 Å². The molecule has 3 rings (SSSR count). The van der Waals surface area contributed by atoms with Crippen LogP contribution in [-0.4, -0.2) is 30.9 Å². The fourth-order valence-electron chi connectivity index (χ4n) is 8.00. The Labute approximate surface area is 229 Å². The molecule has 6 atom stereocenters. The average molecular weight is 523 g/mol. The van der Waals surface area contributed by atoms with E-state index in [1.54, 1.807) is 0 Å². The van der Waals surface area contributed by atoms with E-state index in [2.05, 4.69) is 58.9 Å². The molecule has 0 aromatic heterocycles. The third kappa shape index (κ3) is 5.26. The Morgan fingerprint density at radius 3 is 2.16 bits per heavy atom. The Kier molecular flexibility index (Phi) is 8.80. The molecule has 3 aliphatic carbocycles. The van der Waals surface area contributed by atoms with Gasteiger partial charge in [0.25, 0.3) is 0 Å². The molecule has 0 spiro atoms. The summed E-state index contributed by atoms with van der Waals surface area (Å²) in [5.74, 6) is -0.420. The highest BCUT2D eigenvalue weighted by atomic mass is 16.6. The van der Waals surface area contributed by atoms with Crippen LogP contribution < -0.4 is 0 Å². The maximum Gasteiger partial charge on any atom is 0.315 e. The van der Waals surface area contributed by atoms with Gasteiger partial charge in [0.15, 0.2) is 5.78 Å². The Morgan fingerprint density at radius 1 is 0.895 bits per heavy atom. The maximum absolute atomic E-state index is 13.6. The van der Waals surface area contributed by atoms with Crippen molar-refractivity contribution in [3.63, 3.8) is 0 Å². The summed E-state index contributed by atoms with van der Waals surface area (Å²) in [7, 11) is 1.40. The van der Waals surface area contributed by atoms with Gasteiger partial charge in [-0.3, -0.25) is 14.4 Å². The van der Waals surface area contributed by atoms with Crippen LogP contribution in [0.5, 0.6) is 0 Å². The SMILES string of the molecule is COC(=O)C1(C)[C@H](OC(C)=O)CC[C@@]2(C)[C@H]1CC[C@]1(C)/C(=C(C)/C=C/C=C(C)/C=C/C=C(C)C)C(=O)C[C@@H]21. The topological polar surface area (TPSA) is 69.7 Å². The Morgan fingerprint density at radius 2 is 1.55 bits per heavy atom. The summed E-state index contributed by atoms with van der Waals surface area (Å²) in [4.78, 5) is 38.7. The van der Waals surface area contributed by atoms with E-state index in [-0.39, 0.29) is 40.4 Å². The minimum Gasteiger partial charge on any atom is -0.468 e. The number of hydrogen-bond acceptors (Lipinski definition) is 5.